The molecule has 19 heavy (non-hydrogen) atoms. The first-order chi connectivity index (χ1) is 9.08. The van der Waals surface area contributed by atoms with Gasteiger partial charge in [0, 0.05) is 23.2 Å². The van der Waals surface area contributed by atoms with Gasteiger partial charge in [0.1, 0.15) is 0 Å². The Kier molecular flexibility index (Phi) is 7.03. The molecule has 0 heterocycles. The average Bonchev–Trinajstić information content (AvgIpc) is 2.36. The molecule has 0 bridgehead atoms. The maximum atomic E-state index is 6.11. The molecule has 1 aromatic rings. The van der Waals surface area contributed by atoms with Crippen LogP contribution in [0.5, 0.6) is 11.5 Å². The Morgan fingerprint density at radius 3 is 2.63 bits per heavy atom. The highest BCUT2D eigenvalue weighted by atomic mass is 35.5. The SMILES string of the molecule is CCCNCc1cc(Cl)cc(OC)c1OCC(C)C. The Labute approximate surface area is 121 Å². The molecule has 1 rings (SSSR count). The smallest absolute Gasteiger partial charge is 0.165 e. The van der Waals surface area contributed by atoms with E-state index < -0.39 is 0 Å². The number of methoxy groups -OCH3 is 1. The van der Waals surface area contributed by atoms with Gasteiger partial charge < -0.3 is 14.8 Å². The molecule has 0 unspecified atom stereocenters. The largest absolute Gasteiger partial charge is 0.493 e. The van der Waals surface area contributed by atoms with Crippen molar-refractivity contribution in [1.82, 2.24) is 5.32 Å². The van der Waals surface area contributed by atoms with Crippen molar-refractivity contribution in [3.63, 3.8) is 0 Å². The van der Waals surface area contributed by atoms with Gasteiger partial charge in [-0.05, 0) is 24.9 Å². The highest BCUT2D eigenvalue weighted by molar-refractivity contribution is 6.30. The number of rotatable bonds is 8. The van der Waals surface area contributed by atoms with Gasteiger partial charge in [0.05, 0.1) is 13.7 Å². The second kappa shape index (κ2) is 8.28. The lowest BCUT2D eigenvalue weighted by atomic mass is 10.1. The average molecular weight is 286 g/mol. The van der Waals surface area contributed by atoms with Gasteiger partial charge in [-0.2, -0.15) is 0 Å². The summed E-state index contributed by atoms with van der Waals surface area (Å²) in [5.74, 6) is 1.96. The quantitative estimate of drug-likeness (QED) is 0.735. The second-order valence-electron chi connectivity index (χ2n) is 4.98. The Balaban J connectivity index is 2.92. The van der Waals surface area contributed by atoms with Gasteiger partial charge in [-0.25, -0.2) is 0 Å². The van der Waals surface area contributed by atoms with Gasteiger partial charge >= 0.3 is 0 Å². The summed E-state index contributed by atoms with van der Waals surface area (Å²) in [5.41, 5.74) is 1.04. The first-order valence-electron chi connectivity index (χ1n) is 6.78. The fourth-order valence-electron chi connectivity index (χ4n) is 1.72. The molecule has 0 spiro atoms. The molecule has 0 atom stereocenters. The first-order valence-corrected chi connectivity index (χ1v) is 7.16. The van der Waals surface area contributed by atoms with E-state index in [4.69, 9.17) is 21.1 Å². The molecule has 1 N–H and O–H groups in total. The Morgan fingerprint density at radius 2 is 2.05 bits per heavy atom. The van der Waals surface area contributed by atoms with E-state index >= 15 is 0 Å². The predicted molar refractivity (Wildman–Crippen MR) is 80.3 cm³/mol. The minimum atomic E-state index is 0.469. The van der Waals surface area contributed by atoms with Gasteiger partial charge in [-0.1, -0.05) is 32.4 Å². The van der Waals surface area contributed by atoms with E-state index in [1.54, 1.807) is 13.2 Å². The molecule has 108 valence electrons. The molecule has 0 aliphatic carbocycles. The van der Waals surface area contributed by atoms with Crippen LogP contribution in [0.15, 0.2) is 12.1 Å². The third-order valence-electron chi connectivity index (χ3n) is 2.62. The fraction of sp³-hybridized carbons (Fsp3) is 0.600. The summed E-state index contributed by atoms with van der Waals surface area (Å²) >= 11 is 6.11. The van der Waals surface area contributed by atoms with E-state index in [0.717, 1.165) is 30.8 Å². The minimum absolute atomic E-state index is 0.469. The summed E-state index contributed by atoms with van der Waals surface area (Å²) in [6.45, 7) is 8.76. The Bertz CT molecular complexity index is 394. The third-order valence-corrected chi connectivity index (χ3v) is 2.84. The highest BCUT2D eigenvalue weighted by Gasteiger charge is 2.13. The van der Waals surface area contributed by atoms with Gasteiger partial charge in [-0.15, -0.1) is 0 Å². The van der Waals surface area contributed by atoms with E-state index in [-0.39, 0.29) is 0 Å². The topological polar surface area (TPSA) is 30.5 Å². The number of ether oxygens (including phenoxy) is 2. The van der Waals surface area contributed by atoms with Crippen LogP contribution in [0.3, 0.4) is 0 Å². The van der Waals surface area contributed by atoms with Gasteiger partial charge in [0.25, 0.3) is 0 Å². The number of hydrogen-bond acceptors (Lipinski definition) is 3. The number of hydrogen-bond donors (Lipinski definition) is 1. The van der Waals surface area contributed by atoms with Crippen molar-refractivity contribution in [1.29, 1.82) is 0 Å². The van der Waals surface area contributed by atoms with E-state index in [1.807, 2.05) is 6.07 Å². The number of halogens is 1. The van der Waals surface area contributed by atoms with Crippen LogP contribution < -0.4 is 14.8 Å². The van der Waals surface area contributed by atoms with Crippen LogP contribution in [-0.4, -0.2) is 20.3 Å². The van der Waals surface area contributed by atoms with Gasteiger partial charge in [-0.3, -0.25) is 0 Å². The summed E-state index contributed by atoms with van der Waals surface area (Å²) in [7, 11) is 1.64. The molecule has 0 amide bonds. The first kappa shape index (κ1) is 16.1. The molecule has 0 saturated heterocycles. The molecule has 0 saturated carbocycles. The molecule has 0 aliphatic rings. The zero-order chi connectivity index (χ0) is 14.3. The lowest BCUT2D eigenvalue weighted by molar-refractivity contribution is 0.254. The highest BCUT2D eigenvalue weighted by Crippen LogP contribution is 2.35. The van der Waals surface area contributed by atoms with E-state index in [0.29, 0.717) is 23.3 Å². The van der Waals surface area contributed by atoms with Crippen molar-refractivity contribution in [2.45, 2.75) is 33.7 Å². The summed E-state index contributed by atoms with van der Waals surface area (Å²) in [6.07, 6.45) is 1.10. The van der Waals surface area contributed by atoms with Crippen molar-refractivity contribution in [3.8, 4) is 11.5 Å². The monoisotopic (exact) mass is 285 g/mol. The predicted octanol–water partition coefficient (Wildman–Crippen LogP) is 3.88. The Hall–Kier alpha value is -0.930. The van der Waals surface area contributed by atoms with Crippen LogP contribution >= 0.6 is 11.6 Å². The number of nitrogens with one attached hydrogen (secondary N) is 1. The molecule has 1 aromatic carbocycles. The fourth-order valence-corrected chi connectivity index (χ4v) is 1.95. The molecule has 4 heteroatoms. The van der Waals surface area contributed by atoms with E-state index in [1.165, 1.54) is 0 Å². The minimum Gasteiger partial charge on any atom is -0.493 e. The molecule has 0 aromatic heterocycles. The lowest BCUT2D eigenvalue weighted by Crippen LogP contribution is -2.16. The summed E-state index contributed by atoms with van der Waals surface area (Å²) in [6, 6.07) is 3.73. The third kappa shape index (κ3) is 5.29. The molecule has 0 fully saturated rings. The van der Waals surface area contributed by atoms with Crippen LogP contribution in [0, 0.1) is 5.92 Å². The van der Waals surface area contributed by atoms with Crippen LogP contribution in [-0.2, 0) is 6.54 Å². The second-order valence-corrected chi connectivity index (χ2v) is 5.41. The zero-order valence-electron chi connectivity index (χ0n) is 12.3. The summed E-state index contributed by atoms with van der Waals surface area (Å²) in [4.78, 5) is 0. The van der Waals surface area contributed by atoms with Crippen molar-refractivity contribution < 1.29 is 9.47 Å². The maximum absolute atomic E-state index is 6.11. The van der Waals surface area contributed by atoms with Crippen molar-refractivity contribution >= 4 is 11.6 Å². The van der Waals surface area contributed by atoms with Crippen LogP contribution in [0.2, 0.25) is 5.02 Å². The molecule has 3 nitrogen and oxygen atoms in total. The molecule has 0 radical (unpaired) electrons. The van der Waals surface area contributed by atoms with Crippen molar-refractivity contribution in [3.05, 3.63) is 22.7 Å². The van der Waals surface area contributed by atoms with Gasteiger partial charge in [0.2, 0.25) is 0 Å². The van der Waals surface area contributed by atoms with Crippen LogP contribution in [0.4, 0.5) is 0 Å². The van der Waals surface area contributed by atoms with E-state index in [9.17, 15) is 0 Å². The number of benzene rings is 1. The summed E-state index contributed by atoms with van der Waals surface area (Å²) < 4.78 is 11.3. The standard InChI is InChI=1S/C15H24ClNO2/c1-5-6-17-9-12-7-13(16)8-14(18-4)15(12)19-10-11(2)3/h7-8,11,17H,5-6,9-10H2,1-4H3. The lowest BCUT2D eigenvalue weighted by Gasteiger charge is -2.17. The normalized spacial score (nSPS) is 10.8. The summed E-state index contributed by atoms with van der Waals surface area (Å²) in [5, 5.41) is 4.03. The molecular formula is C15H24ClNO2. The van der Waals surface area contributed by atoms with Crippen molar-refractivity contribution in [2.24, 2.45) is 5.92 Å². The molecular weight excluding hydrogens is 262 g/mol. The van der Waals surface area contributed by atoms with Crippen LogP contribution in [0.1, 0.15) is 32.8 Å². The van der Waals surface area contributed by atoms with Crippen molar-refractivity contribution in [2.75, 3.05) is 20.3 Å². The maximum Gasteiger partial charge on any atom is 0.165 e. The molecule has 0 aliphatic heterocycles. The van der Waals surface area contributed by atoms with Crippen LogP contribution in [0.25, 0.3) is 0 Å². The Morgan fingerprint density at radius 1 is 1.32 bits per heavy atom. The van der Waals surface area contributed by atoms with E-state index in [2.05, 4.69) is 26.1 Å². The van der Waals surface area contributed by atoms with Gasteiger partial charge in [0.15, 0.2) is 11.5 Å². The zero-order valence-corrected chi connectivity index (χ0v) is 13.0.